The van der Waals surface area contributed by atoms with E-state index in [9.17, 15) is 9.18 Å². The monoisotopic (exact) mass is 429 g/mol. The maximum atomic E-state index is 13.9. The zero-order valence-corrected chi connectivity index (χ0v) is 18.8. The Labute approximate surface area is 186 Å². The van der Waals surface area contributed by atoms with Gasteiger partial charge in [0.05, 0.1) is 11.7 Å². The van der Waals surface area contributed by atoms with E-state index in [2.05, 4.69) is 41.6 Å². The van der Waals surface area contributed by atoms with Gasteiger partial charge in [-0.2, -0.15) is 5.10 Å². The molecule has 0 aliphatic heterocycles. The molecule has 4 aromatic rings. The average Bonchev–Trinajstić information content (AvgIpc) is 3.17. The van der Waals surface area contributed by atoms with E-state index in [0.717, 1.165) is 51.9 Å². The highest BCUT2D eigenvalue weighted by Gasteiger charge is 2.52. The quantitative estimate of drug-likeness (QED) is 0.401. The number of pyridine rings is 1. The molecule has 0 saturated heterocycles. The Hall–Kier alpha value is -2.95. The summed E-state index contributed by atoms with van der Waals surface area (Å²) in [5, 5.41) is 9.77. The van der Waals surface area contributed by atoms with Gasteiger partial charge >= 0.3 is 0 Å². The first kappa shape index (κ1) is 19.7. The summed E-state index contributed by atoms with van der Waals surface area (Å²) in [5.74, 6) is 0.705. The lowest BCUT2D eigenvalue weighted by Gasteiger charge is -2.58. The van der Waals surface area contributed by atoms with Crippen molar-refractivity contribution in [2.75, 3.05) is 0 Å². The molecule has 6 rings (SSSR count). The van der Waals surface area contributed by atoms with Crippen molar-refractivity contribution in [1.29, 1.82) is 0 Å². The zero-order chi connectivity index (χ0) is 22.2. The third-order valence-corrected chi connectivity index (χ3v) is 7.76. The molecule has 1 spiro atoms. The van der Waals surface area contributed by atoms with Gasteiger partial charge in [0.2, 0.25) is 0 Å². The van der Waals surface area contributed by atoms with E-state index in [-0.39, 0.29) is 23.3 Å². The van der Waals surface area contributed by atoms with Crippen LogP contribution in [0.25, 0.3) is 32.8 Å². The molecule has 5 heteroatoms. The van der Waals surface area contributed by atoms with Gasteiger partial charge in [0.25, 0.3) is 5.56 Å². The fraction of sp³-hybridized carbons (Fsp3) is 0.407. The Kier molecular flexibility index (Phi) is 4.17. The Morgan fingerprint density at radius 1 is 1.09 bits per heavy atom. The van der Waals surface area contributed by atoms with Gasteiger partial charge in [-0.3, -0.25) is 9.89 Å². The molecule has 0 amide bonds. The second kappa shape index (κ2) is 6.77. The molecule has 2 aliphatic rings. The van der Waals surface area contributed by atoms with Crippen LogP contribution in [0.4, 0.5) is 4.39 Å². The number of halogens is 1. The predicted molar refractivity (Wildman–Crippen MR) is 126 cm³/mol. The Balaban J connectivity index is 1.65. The molecule has 2 fully saturated rings. The van der Waals surface area contributed by atoms with Crippen molar-refractivity contribution in [1.82, 2.24) is 14.8 Å². The predicted octanol–water partition coefficient (Wildman–Crippen LogP) is 6.56. The number of aromatic amines is 1. The number of hydrogen-bond donors (Lipinski definition) is 1. The van der Waals surface area contributed by atoms with Gasteiger partial charge in [-0.05, 0) is 78.1 Å². The summed E-state index contributed by atoms with van der Waals surface area (Å²) in [6, 6.07) is 10.9. The van der Waals surface area contributed by atoms with Crippen LogP contribution in [0.15, 0.2) is 47.4 Å². The van der Waals surface area contributed by atoms with Gasteiger partial charge in [0, 0.05) is 28.1 Å². The van der Waals surface area contributed by atoms with Crippen molar-refractivity contribution in [3.8, 4) is 11.1 Å². The maximum Gasteiger partial charge on any atom is 0.259 e. The van der Waals surface area contributed by atoms with Crippen molar-refractivity contribution < 1.29 is 4.39 Å². The highest BCUT2D eigenvalue weighted by atomic mass is 19.1. The number of H-pyrrole nitrogens is 1. The first-order chi connectivity index (χ1) is 15.3. The summed E-state index contributed by atoms with van der Waals surface area (Å²) in [4.78, 5) is 13.9. The van der Waals surface area contributed by atoms with Crippen LogP contribution in [-0.2, 0) is 0 Å². The normalized spacial score (nSPS) is 24.9. The van der Waals surface area contributed by atoms with E-state index < -0.39 is 0 Å². The standard InChI is InChI=1S/C27H28FN3O/c1-15(2)25-24(17-4-6-19(28)7-5-17)21-8-18-14-29-30-23(18)9-22(21)26(32)31(25)20-12-27(13-20)10-16(3)11-27/h4-9,14-16,20H,10-13H2,1-3H3,(H,29,30). The molecule has 2 aromatic heterocycles. The van der Waals surface area contributed by atoms with Gasteiger partial charge in [0.1, 0.15) is 5.82 Å². The summed E-state index contributed by atoms with van der Waals surface area (Å²) >= 11 is 0. The lowest BCUT2D eigenvalue weighted by Crippen LogP contribution is -2.49. The van der Waals surface area contributed by atoms with Gasteiger partial charge in [-0.1, -0.05) is 32.9 Å². The molecule has 0 atom stereocenters. The topological polar surface area (TPSA) is 50.7 Å². The van der Waals surface area contributed by atoms with Crippen molar-refractivity contribution in [3.63, 3.8) is 0 Å². The number of benzene rings is 2. The van der Waals surface area contributed by atoms with Gasteiger partial charge in [0.15, 0.2) is 0 Å². The molecule has 2 saturated carbocycles. The fourth-order valence-electron chi connectivity index (χ4n) is 6.60. The molecule has 0 unspecified atom stereocenters. The number of hydrogen-bond acceptors (Lipinski definition) is 2. The molecule has 2 heterocycles. The zero-order valence-electron chi connectivity index (χ0n) is 18.8. The highest BCUT2D eigenvalue weighted by Crippen LogP contribution is 2.62. The summed E-state index contributed by atoms with van der Waals surface area (Å²) < 4.78 is 15.9. The highest BCUT2D eigenvalue weighted by molar-refractivity contribution is 6.04. The van der Waals surface area contributed by atoms with E-state index in [4.69, 9.17) is 0 Å². The number of aromatic nitrogens is 3. The van der Waals surface area contributed by atoms with E-state index in [1.165, 1.54) is 25.0 Å². The molecule has 2 aliphatic carbocycles. The minimum absolute atomic E-state index is 0.0817. The van der Waals surface area contributed by atoms with Crippen molar-refractivity contribution in [2.45, 2.75) is 58.4 Å². The third-order valence-electron chi connectivity index (χ3n) is 7.76. The van der Waals surface area contributed by atoms with Gasteiger partial charge in [-0.15, -0.1) is 0 Å². The second-order valence-corrected chi connectivity index (χ2v) is 10.5. The lowest BCUT2D eigenvalue weighted by molar-refractivity contribution is -0.0568. The van der Waals surface area contributed by atoms with Crippen LogP contribution >= 0.6 is 0 Å². The molecule has 164 valence electrons. The number of rotatable bonds is 3. The van der Waals surface area contributed by atoms with Crippen molar-refractivity contribution >= 4 is 21.7 Å². The van der Waals surface area contributed by atoms with E-state index in [1.807, 2.05) is 18.2 Å². The molecule has 32 heavy (non-hydrogen) atoms. The number of nitrogens with one attached hydrogen (secondary N) is 1. The molecule has 2 aromatic carbocycles. The third kappa shape index (κ3) is 2.79. The van der Waals surface area contributed by atoms with Crippen LogP contribution in [0.1, 0.15) is 64.1 Å². The summed E-state index contributed by atoms with van der Waals surface area (Å²) in [6.45, 7) is 6.63. The van der Waals surface area contributed by atoms with Crippen LogP contribution < -0.4 is 5.56 Å². The van der Waals surface area contributed by atoms with Crippen molar-refractivity contribution in [3.05, 3.63) is 64.5 Å². The average molecular weight is 430 g/mol. The second-order valence-electron chi connectivity index (χ2n) is 10.5. The minimum atomic E-state index is -0.255. The SMILES string of the molecule is CC1CC2(C1)CC(n1c(C(C)C)c(-c3ccc(F)cc3)c3cc4cn[nH]c4cc3c1=O)C2. The Morgan fingerprint density at radius 3 is 2.47 bits per heavy atom. The summed E-state index contributed by atoms with van der Waals surface area (Å²) in [5.41, 5.74) is 4.43. The van der Waals surface area contributed by atoms with Gasteiger partial charge in [-0.25, -0.2) is 4.39 Å². The largest absolute Gasteiger partial charge is 0.308 e. The van der Waals surface area contributed by atoms with E-state index in [1.54, 1.807) is 6.20 Å². The maximum absolute atomic E-state index is 13.9. The minimum Gasteiger partial charge on any atom is -0.308 e. The van der Waals surface area contributed by atoms with Crippen LogP contribution in [-0.4, -0.2) is 14.8 Å². The number of nitrogens with zero attached hydrogens (tertiary/aromatic N) is 2. The van der Waals surface area contributed by atoms with E-state index in [0.29, 0.717) is 10.8 Å². The Bertz CT molecular complexity index is 1400. The first-order valence-corrected chi connectivity index (χ1v) is 11.7. The molecule has 0 radical (unpaired) electrons. The molecular weight excluding hydrogens is 401 g/mol. The van der Waals surface area contributed by atoms with Crippen LogP contribution in [0, 0.1) is 17.2 Å². The molecule has 1 N–H and O–H groups in total. The molecule has 4 nitrogen and oxygen atoms in total. The Morgan fingerprint density at radius 2 is 1.81 bits per heavy atom. The van der Waals surface area contributed by atoms with Crippen LogP contribution in [0.3, 0.4) is 0 Å². The summed E-state index contributed by atoms with van der Waals surface area (Å²) in [6.07, 6.45) is 6.51. The smallest absolute Gasteiger partial charge is 0.259 e. The molecular formula is C27H28FN3O. The van der Waals surface area contributed by atoms with Gasteiger partial charge < -0.3 is 4.57 Å². The molecule has 0 bridgehead atoms. The first-order valence-electron chi connectivity index (χ1n) is 11.7. The van der Waals surface area contributed by atoms with E-state index >= 15 is 0 Å². The summed E-state index contributed by atoms with van der Waals surface area (Å²) in [7, 11) is 0. The number of fused-ring (bicyclic) bond motifs is 2. The fourth-order valence-corrected chi connectivity index (χ4v) is 6.60. The van der Waals surface area contributed by atoms with Crippen LogP contribution in [0.5, 0.6) is 0 Å². The van der Waals surface area contributed by atoms with Crippen LogP contribution in [0.2, 0.25) is 0 Å². The van der Waals surface area contributed by atoms with Crippen molar-refractivity contribution in [2.24, 2.45) is 11.3 Å². The lowest BCUT2D eigenvalue weighted by atomic mass is 9.50.